The molecule has 3 aromatic rings. The number of amides is 1. The molecule has 0 bridgehead atoms. The topological polar surface area (TPSA) is 68.5 Å². The third-order valence-electron chi connectivity index (χ3n) is 4.39. The van der Waals surface area contributed by atoms with Gasteiger partial charge in [0.2, 0.25) is 0 Å². The van der Waals surface area contributed by atoms with Crippen molar-refractivity contribution >= 4 is 22.6 Å². The molecule has 1 heterocycles. The van der Waals surface area contributed by atoms with Gasteiger partial charge in [-0.3, -0.25) is 4.79 Å². The van der Waals surface area contributed by atoms with Crippen LogP contribution in [0.15, 0.2) is 57.7 Å². The lowest BCUT2D eigenvalue weighted by molar-refractivity contribution is -0.118. The number of benzene rings is 2. The maximum Gasteiger partial charge on any atom is 0.336 e. The Morgan fingerprint density at radius 1 is 1.15 bits per heavy atom. The molecule has 0 saturated heterocycles. The van der Waals surface area contributed by atoms with Crippen LogP contribution in [0.1, 0.15) is 37.8 Å². The molecule has 5 nitrogen and oxygen atoms in total. The number of anilines is 1. The van der Waals surface area contributed by atoms with E-state index in [-0.39, 0.29) is 18.1 Å². The van der Waals surface area contributed by atoms with Crippen LogP contribution in [0, 0.1) is 0 Å². The summed E-state index contributed by atoms with van der Waals surface area (Å²) in [5.41, 5.74) is 2.90. The summed E-state index contributed by atoms with van der Waals surface area (Å²) in [4.78, 5) is 23.8. The van der Waals surface area contributed by atoms with E-state index in [9.17, 15) is 9.59 Å². The number of carbonyl (C=O) groups is 1. The highest BCUT2D eigenvalue weighted by molar-refractivity contribution is 5.92. The second-order valence-electron chi connectivity index (χ2n) is 6.72. The maximum atomic E-state index is 12.2. The average Bonchev–Trinajstić information content (AvgIpc) is 2.65. The van der Waals surface area contributed by atoms with Crippen LogP contribution in [0.2, 0.25) is 0 Å². The number of hydrogen-bond donors (Lipinski definition) is 1. The molecule has 3 rings (SSSR count). The fraction of sp³-hybridized carbons (Fsp3) is 0.273. The molecule has 2 aromatic carbocycles. The van der Waals surface area contributed by atoms with Gasteiger partial charge in [0, 0.05) is 23.2 Å². The van der Waals surface area contributed by atoms with Gasteiger partial charge >= 0.3 is 5.63 Å². The van der Waals surface area contributed by atoms with E-state index in [4.69, 9.17) is 9.15 Å². The normalized spacial score (nSPS) is 11.0. The minimum absolute atomic E-state index is 0.130. The molecule has 1 N–H and O–H groups in total. The minimum atomic E-state index is -0.390. The predicted octanol–water partition coefficient (Wildman–Crippen LogP) is 4.50. The van der Waals surface area contributed by atoms with Crippen molar-refractivity contribution in [3.05, 3.63) is 70.1 Å². The van der Waals surface area contributed by atoms with E-state index in [1.807, 2.05) is 37.3 Å². The van der Waals surface area contributed by atoms with Gasteiger partial charge < -0.3 is 14.5 Å². The molecular formula is C22H23NO4. The average molecular weight is 365 g/mol. The number of hydrogen-bond acceptors (Lipinski definition) is 4. The van der Waals surface area contributed by atoms with Crippen LogP contribution < -0.4 is 15.7 Å². The van der Waals surface area contributed by atoms with Crippen LogP contribution in [0.4, 0.5) is 5.69 Å². The van der Waals surface area contributed by atoms with E-state index < -0.39 is 0 Å². The molecule has 0 radical (unpaired) electrons. The van der Waals surface area contributed by atoms with Crippen LogP contribution in [0.25, 0.3) is 11.0 Å². The van der Waals surface area contributed by atoms with Gasteiger partial charge in [0.1, 0.15) is 11.3 Å². The van der Waals surface area contributed by atoms with Gasteiger partial charge in [-0.1, -0.05) is 32.9 Å². The molecule has 0 spiro atoms. The van der Waals surface area contributed by atoms with Gasteiger partial charge in [-0.25, -0.2) is 4.79 Å². The lowest BCUT2D eigenvalue weighted by Crippen LogP contribution is -2.20. The van der Waals surface area contributed by atoms with Crippen molar-refractivity contribution in [2.24, 2.45) is 0 Å². The number of ether oxygens (including phenoxy) is 1. The van der Waals surface area contributed by atoms with Gasteiger partial charge in [-0.15, -0.1) is 0 Å². The second kappa shape index (κ2) is 8.08. The third-order valence-corrected chi connectivity index (χ3v) is 4.39. The van der Waals surface area contributed by atoms with Crippen LogP contribution in [0.3, 0.4) is 0 Å². The van der Waals surface area contributed by atoms with E-state index in [1.54, 1.807) is 12.1 Å². The molecule has 0 atom stereocenters. The SMILES string of the molecule is CCc1cc(=O)oc2cc(OCC(=O)Nc3cccc(C(C)C)c3)ccc12. The Morgan fingerprint density at radius 3 is 2.70 bits per heavy atom. The Hall–Kier alpha value is -3.08. The van der Waals surface area contributed by atoms with Crippen molar-refractivity contribution in [1.82, 2.24) is 0 Å². The standard InChI is InChI=1S/C22H23NO4/c1-4-15-11-22(25)27-20-12-18(8-9-19(15)20)26-13-21(24)23-17-7-5-6-16(10-17)14(2)3/h5-12,14H,4,13H2,1-3H3,(H,23,24). The van der Waals surface area contributed by atoms with E-state index in [1.165, 1.54) is 6.07 Å². The number of carbonyl (C=O) groups excluding carboxylic acids is 1. The zero-order valence-corrected chi connectivity index (χ0v) is 15.7. The van der Waals surface area contributed by atoms with Crippen molar-refractivity contribution in [3.8, 4) is 5.75 Å². The Balaban J connectivity index is 1.68. The molecule has 1 aromatic heterocycles. The molecule has 0 saturated carbocycles. The molecule has 27 heavy (non-hydrogen) atoms. The maximum absolute atomic E-state index is 12.2. The number of aryl methyl sites for hydroxylation is 1. The fourth-order valence-corrected chi connectivity index (χ4v) is 2.91. The van der Waals surface area contributed by atoms with Gasteiger partial charge in [0.25, 0.3) is 5.91 Å². The summed E-state index contributed by atoms with van der Waals surface area (Å²) in [5, 5.41) is 3.71. The van der Waals surface area contributed by atoms with E-state index >= 15 is 0 Å². The highest BCUT2D eigenvalue weighted by atomic mass is 16.5. The lowest BCUT2D eigenvalue weighted by atomic mass is 10.0. The lowest BCUT2D eigenvalue weighted by Gasteiger charge is -2.11. The summed E-state index contributed by atoms with van der Waals surface area (Å²) < 4.78 is 10.8. The van der Waals surface area contributed by atoms with Gasteiger partial charge in [0.15, 0.2) is 6.61 Å². The molecule has 0 aliphatic rings. The van der Waals surface area contributed by atoms with Crippen molar-refractivity contribution in [3.63, 3.8) is 0 Å². The van der Waals surface area contributed by atoms with Gasteiger partial charge in [0.05, 0.1) is 0 Å². The first-order chi connectivity index (χ1) is 13.0. The first kappa shape index (κ1) is 18.7. The summed E-state index contributed by atoms with van der Waals surface area (Å²) in [6.07, 6.45) is 0.736. The van der Waals surface area contributed by atoms with Gasteiger partial charge in [-0.2, -0.15) is 0 Å². The van der Waals surface area contributed by atoms with Crippen LogP contribution in [0.5, 0.6) is 5.75 Å². The van der Waals surface area contributed by atoms with Crippen LogP contribution >= 0.6 is 0 Å². The first-order valence-electron chi connectivity index (χ1n) is 9.05. The number of rotatable bonds is 6. The molecule has 1 amide bonds. The molecular weight excluding hydrogens is 342 g/mol. The monoisotopic (exact) mass is 365 g/mol. The smallest absolute Gasteiger partial charge is 0.336 e. The molecule has 0 fully saturated rings. The van der Waals surface area contributed by atoms with E-state index in [0.717, 1.165) is 28.6 Å². The zero-order chi connectivity index (χ0) is 19.4. The molecule has 0 aliphatic heterocycles. The minimum Gasteiger partial charge on any atom is -0.484 e. The highest BCUT2D eigenvalue weighted by Gasteiger charge is 2.09. The van der Waals surface area contributed by atoms with Crippen LogP contribution in [-0.4, -0.2) is 12.5 Å². The van der Waals surface area contributed by atoms with E-state index in [2.05, 4.69) is 19.2 Å². The Bertz CT molecular complexity index is 1020. The zero-order valence-electron chi connectivity index (χ0n) is 15.7. The Morgan fingerprint density at radius 2 is 1.96 bits per heavy atom. The molecule has 5 heteroatoms. The molecule has 0 unspecified atom stereocenters. The summed E-state index contributed by atoms with van der Waals surface area (Å²) >= 11 is 0. The number of fused-ring (bicyclic) bond motifs is 1. The van der Waals surface area contributed by atoms with Gasteiger partial charge in [-0.05, 0) is 47.7 Å². The summed E-state index contributed by atoms with van der Waals surface area (Å²) in [6.45, 7) is 6.06. The Kier molecular flexibility index (Phi) is 5.60. The van der Waals surface area contributed by atoms with Crippen molar-refractivity contribution < 1.29 is 13.9 Å². The van der Waals surface area contributed by atoms with E-state index in [0.29, 0.717) is 17.3 Å². The second-order valence-corrected chi connectivity index (χ2v) is 6.72. The summed E-state index contributed by atoms with van der Waals surface area (Å²) in [5.74, 6) is 0.614. The first-order valence-corrected chi connectivity index (χ1v) is 9.05. The predicted molar refractivity (Wildman–Crippen MR) is 107 cm³/mol. The summed E-state index contributed by atoms with van der Waals surface area (Å²) in [6, 6.07) is 14.5. The van der Waals surface area contributed by atoms with Crippen molar-refractivity contribution in [1.29, 1.82) is 0 Å². The quantitative estimate of drug-likeness (QED) is 0.653. The highest BCUT2D eigenvalue weighted by Crippen LogP contribution is 2.23. The van der Waals surface area contributed by atoms with Crippen LogP contribution in [-0.2, 0) is 11.2 Å². The largest absolute Gasteiger partial charge is 0.484 e. The molecule has 0 aliphatic carbocycles. The number of nitrogens with one attached hydrogen (secondary N) is 1. The fourth-order valence-electron chi connectivity index (χ4n) is 2.91. The van der Waals surface area contributed by atoms with Crippen molar-refractivity contribution in [2.75, 3.05) is 11.9 Å². The third kappa shape index (κ3) is 4.56. The Labute approximate surface area is 158 Å². The van der Waals surface area contributed by atoms with Crippen molar-refractivity contribution in [2.45, 2.75) is 33.1 Å². The summed E-state index contributed by atoms with van der Waals surface area (Å²) in [7, 11) is 0. The molecule has 140 valence electrons.